The molecular formula is C25H32N6O. The maximum absolute atomic E-state index is 12.9. The summed E-state index contributed by atoms with van der Waals surface area (Å²) < 4.78 is 1.82. The number of amides is 1. The van der Waals surface area contributed by atoms with Gasteiger partial charge in [0, 0.05) is 37.6 Å². The summed E-state index contributed by atoms with van der Waals surface area (Å²) in [6, 6.07) is 10.4. The van der Waals surface area contributed by atoms with Gasteiger partial charge in [-0.05, 0) is 62.4 Å². The summed E-state index contributed by atoms with van der Waals surface area (Å²) in [6.45, 7) is 10.8. The molecule has 3 aromatic rings. The number of benzene rings is 1. The van der Waals surface area contributed by atoms with Crippen molar-refractivity contribution in [3.63, 3.8) is 0 Å². The number of fused-ring (bicyclic) bond motifs is 1. The molecule has 1 aromatic carbocycles. The Balaban J connectivity index is 1.55. The summed E-state index contributed by atoms with van der Waals surface area (Å²) in [4.78, 5) is 19.5. The molecule has 1 aliphatic rings. The lowest BCUT2D eigenvalue weighted by molar-refractivity contribution is 0.0903. The van der Waals surface area contributed by atoms with Gasteiger partial charge in [0.2, 0.25) is 0 Å². The molecule has 7 nitrogen and oxygen atoms in total. The number of hydrogen-bond donors (Lipinski definition) is 1. The second-order valence-electron chi connectivity index (χ2n) is 9.26. The SMILES string of the molecule is CCCC(C)(C)NC(=O)c1nnn(-c2cccc3c2CCN(Cc2cccnc2)C3)c1C. The molecule has 1 N–H and O–H groups in total. The maximum Gasteiger partial charge on any atom is 0.274 e. The molecule has 7 heteroatoms. The molecule has 0 bridgehead atoms. The Labute approximate surface area is 189 Å². The number of rotatable bonds is 7. The third-order valence-corrected chi connectivity index (χ3v) is 6.11. The first-order chi connectivity index (χ1) is 15.4. The first-order valence-electron chi connectivity index (χ1n) is 11.3. The van der Waals surface area contributed by atoms with Crippen molar-refractivity contribution in [1.29, 1.82) is 0 Å². The van der Waals surface area contributed by atoms with E-state index in [2.05, 4.69) is 56.7 Å². The zero-order chi connectivity index (χ0) is 22.7. The van der Waals surface area contributed by atoms with Gasteiger partial charge in [0.15, 0.2) is 5.69 Å². The summed E-state index contributed by atoms with van der Waals surface area (Å²) in [6.07, 6.45) is 6.58. The van der Waals surface area contributed by atoms with Gasteiger partial charge in [-0.1, -0.05) is 36.8 Å². The van der Waals surface area contributed by atoms with E-state index in [1.165, 1.54) is 16.7 Å². The average Bonchev–Trinajstić information content (AvgIpc) is 3.15. The normalized spacial score (nSPS) is 14.2. The standard InChI is InChI=1S/C25H32N6O/c1-5-12-25(3,4)27-24(32)23-18(2)31(29-28-23)22-10-6-9-20-17-30(14-11-21(20)22)16-19-8-7-13-26-15-19/h6-10,13,15H,5,11-12,14,16-17H2,1-4H3,(H,27,32). The van der Waals surface area contributed by atoms with E-state index in [9.17, 15) is 4.79 Å². The van der Waals surface area contributed by atoms with Gasteiger partial charge in [-0.3, -0.25) is 14.7 Å². The fourth-order valence-electron chi connectivity index (χ4n) is 4.55. The molecule has 0 atom stereocenters. The predicted octanol–water partition coefficient (Wildman–Crippen LogP) is 3.84. The van der Waals surface area contributed by atoms with Crippen molar-refractivity contribution < 1.29 is 4.79 Å². The Hall–Kier alpha value is -3.06. The average molecular weight is 433 g/mol. The minimum absolute atomic E-state index is 0.167. The Morgan fingerprint density at radius 3 is 2.81 bits per heavy atom. The largest absolute Gasteiger partial charge is 0.346 e. The fourth-order valence-corrected chi connectivity index (χ4v) is 4.55. The second kappa shape index (κ2) is 9.20. The van der Waals surface area contributed by atoms with Crippen LogP contribution in [0, 0.1) is 6.92 Å². The van der Waals surface area contributed by atoms with E-state index >= 15 is 0 Å². The Kier molecular flexibility index (Phi) is 6.37. The van der Waals surface area contributed by atoms with Crippen molar-refractivity contribution in [3.05, 3.63) is 70.8 Å². The van der Waals surface area contributed by atoms with E-state index in [1.807, 2.05) is 37.7 Å². The zero-order valence-corrected chi connectivity index (χ0v) is 19.4. The van der Waals surface area contributed by atoms with Crippen molar-refractivity contribution in [2.75, 3.05) is 6.54 Å². The molecule has 1 amide bonds. The van der Waals surface area contributed by atoms with Gasteiger partial charge in [-0.2, -0.15) is 0 Å². The molecule has 168 valence electrons. The van der Waals surface area contributed by atoms with Crippen LogP contribution in [-0.2, 0) is 19.5 Å². The first-order valence-corrected chi connectivity index (χ1v) is 11.3. The molecule has 0 saturated carbocycles. The van der Waals surface area contributed by atoms with E-state index < -0.39 is 0 Å². The van der Waals surface area contributed by atoms with Gasteiger partial charge in [0.05, 0.1) is 11.4 Å². The second-order valence-corrected chi connectivity index (χ2v) is 9.26. The van der Waals surface area contributed by atoms with Crippen LogP contribution in [0.3, 0.4) is 0 Å². The topological polar surface area (TPSA) is 75.9 Å². The van der Waals surface area contributed by atoms with Gasteiger partial charge in [-0.15, -0.1) is 5.10 Å². The van der Waals surface area contributed by atoms with E-state index in [-0.39, 0.29) is 11.4 Å². The first kappa shape index (κ1) is 22.1. The number of carbonyl (C=O) groups is 1. The number of aromatic nitrogens is 4. The number of hydrogen-bond acceptors (Lipinski definition) is 5. The van der Waals surface area contributed by atoms with E-state index in [4.69, 9.17) is 0 Å². The van der Waals surface area contributed by atoms with Gasteiger partial charge in [0.1, 0.15) is 0 Å². The van der Waals surface area contributed by atoms with Crippen LogP contribution in [0.5, 0.6) is 0 Å². The quantitative estimate of drug-likeness (QED) is 0.614. The van der Waals surface area contributed by atoms with Crippen LogP contribution in [0.2, 0.25) is 0 Å². The molecule has 4 rings (SSSR count). The number of carbonyl (C=O) groups excluding carboxylic acids is 1. The maximum atomic E-state index is 12.9. The van der Waals surface area contributed by atoms with Gasteiger partial charge in [-0.25, -0.2) is 4.68 Å². The molecular weight excluding hydrogens is 400 g/mol. The number of nitrogens with one attached hydrogen (secondary N) is 1. The third-order valence-electron chi connectivity index (χ3n) is 6.11. The van der Waals surface area contributed by atoms with E-state index in [1.54, 1.807) is 6.20 Å². The molecule has 3 heterocycles. The monoisotopic (exact) mass is 432 g/mol. The Bertz CT molecular complexity index is 1090. The highest BCUT2D eigenvalue weighted by Gasteiger charge is 2.26. The Morgan fingerprint density at radius 1 is 1.22 bits per heavy atom. The number of pyridine rings is 1. The third kappa shape index (κ3) is 4.72. The van der Waals surface area contributed by atoms with Crippen molar-refractivity contribution in [2.24, 2.45) is 0 Å². The molecule has 0 saturated heterocycles. The fraction of sp³-hybridized carbons (Fsp3) is 0.440. The summed E-state index contributed by atoms with van der Waals surface area (Å²) in [5.41, 5.74) is 5.69. The van der Waals surface area contributed by atoms with Crippen LogP contribution in [0.25, 0.3) is 5.69 Å². The minimum Gasteiger partial charge on any atom is -0.346 e. The van der Waals surface area contributed by atoms with Gasteiger partial charge in [0.25, 0.3) is 5.91 Å². The Morgan fingerprint density at radius 2 is 2.06 bits per heavy atom. The predicted molar refractivity (Wildman–Crippen MR) is 125 cm³/mol. The molecule has 1 aliphatic heterocycles. The molecule has 32 heavy (non-hydrogen) atoms. The summed E-state index contributed by atoms with van der Waals surface area (Å²) in [7, 11) is 0. The lowest BCUT2D eigenvalue weighted by atomic mass is 9.97. The highest BCUT2D eigenvalue weighted by molar-refractivity contribution is 5.93. The lowest BCUT2D eigenvalue weighted by Crippen LogP contribution is -2.43. The van der Waals surface area contributed by atoms with Crippen LogP contribution < -0.4 is 5.32 Å². The van der Waals surface area contributed by atoms with Crippen LogP contribution in [0.1, 0.15) is 66.5 Å². The van der Waals surface area contributed by atoms with Crippen LogP contribution in [0.4, 0.5) is 0 Å². The van der Waals surface area contributed by atoms with Crippen LogP contribution in [-0.4, -0.2) is 42.9 Å². The molecule has 0 aliphatic carbocycles. The molecule has 0 spiro atoms. The minimum atomic E-state index is -0.272. The van der Waals surface area contributed by atoms with E-state index in [0.29, 0.717) is 5.69 Å². The van der Waals surface area contributed by atoms with Crippen molar-refractivity contribution in [1.82, 2.24) is 30.2 Å². The highest BCUT2D eigenvalue weighted by atomic mass is 16.2. The van der Waals surface area contributed by atoms with Crippen LogP contribution in [0.15, 0.2) is 42.7 Å². The van der Waals surface area contributed by atoms with Gasteiger partial charge < -0.3 is 5.32 Å². The zero-order valence-electron chi connectivity index (χ0n) is 19.4. The van der Waals surface area contributed by atoms with Crippen molar-refractivity contribution in [3.8, 4) is 5.69 Å². The van der Waals surface area contributed by atoms with Gasteiger partial charge >= 0.3 is 0 Å². The van der Waals surface area contributed by atoms with Crippen molar-refractivity contribution >= 4 is 5.91 Å². The number of nitrogens with zero attached hydrogens (tertiary/aromatic N) is 5. The molecule has 0 unspecified atom stereocenters. The smallest absolute Gasteiger partial charge is 0.274 e. The van der Waals surface area contributed by atoms with E-state index in [0.717, 1.165) is 50.3 Å². The van der Waals surface area contributed by atoms with Crippen LogP contribution >= 0.6 is 0 Å². The molecule has 2 aromatic heterocycles. The summed E-state index contributed by atoms with van der Waals surface area (Å²) >= 11 is 0. The summed E-state index contributed by atoms with van der Waals surface area (Å²) in [5, 5.41) is 11.7. The highest BCUT2D eigenvalue weighted by Crippen LogP contribution is 2.27. The summed E-state index contributed by atoms with van der Waals surface area (Å²) in [5.74, 6) is -0.167. The molecule has 0 radical (unpaired) electrons. The van der Waals surface area contributed by atoms with Crippen molar-refractivity contribution in [2.45, 2.75) is 65.6 Å². The lowest BCUT2D eigenvalue weighted by Gasteiger charge is -2.30. The molecule has 0 fully saturated rings.